The van der Waals surface area contributed by atoms with Crippen LogP contribution in [0.2, 0.25) is 5.02 Å². The first kappa shape index (κ1) is 20.1. The zero-order valence-electron chi connectivity index (χ0n) is 15.9. The van der Waals surface area contributed by atoms with Gasteiger partial charge >= 0.3 is 0 Å². The van der Waals surface area contributed by atoms with E-state index in [9.17, 15) is 9.59 Å². The van der Waals surface area contributed by atoms with Gasteiger partial charge in [0.15, 0.2) is 0 Å². The van der Waals surface area contributed by atoms with Crippen LogP contribution >= 0.6 is 11.6 Å². The van der Waals surface area contributed by atoms with E-state index in [0.717, 1.165) is 5.56 Å². The molecule has 0 unspecified atom stereocenters. The molecule has 1 aromatic carbocycles. The molecule has 1 fully saturated rings. The summed E-state index contributed by atoms with van der Waals surface area (Å²) < 4.78 is 5.92. The molecule has 2 heterocycles. The first-order valence-corrected chi connectivity index (χ1v) is 9.62. The number of carbonyl (C=O) groups excluding carboxylic acids is 2. The monoisotopic (exact) mass is 401 g/mol. The minimum atomic E-state index is -0.393. The summed E-state index contributed by atoms with van der Waals surface area (Å²) in [6, 6.07) is 8.99. The quantitative estimate of drug-likeness (QED) is 0.805. The number of nitrogens with two attached hydrogens (primary N) is 1. The van der Waals surface area contributed by atoms with Crippen LogP contribution in [0.1, 0.15) is 35.2 Å². The van der Waals surface area contributed by atoms with Crippen molar-refractivity contribution in [3.63, 3.8) is 0 Å². The third kappa shape index (κ3) is 5.01. The molecule has 28 heavy (non-hydrogen) atoms. The molecular formula is C21H24ClN3O3. The number of piperidine rings is 1. The Balaban J connectivity index is 1.67. The predicted molar refractivity (Wildman–Crippen MR) is 107 cm³/mol. The topological polar surface area (TPSA) is 85.5 Å². The van der Waals surface area contributed by atoms with E-state index in [1.54, 1.807) is 29.4 Å². The number of halogens is 1. The first-order valence-electron chi connectivity index (χ1n) is 9.24. The summed E-state index contributed by atoms with van der Waals surface area (Å²) in [7, 11) is 0. The van der Waals surface area contributed by atoms with E-state index in [1.807, 2.05) is 25.1 Å². The van der Waals surface area contributed by atoms with E-state index < -0.39 is 5.41 Å². The highest BCUT2D eigenvalue weighted by molar-refractivity contribution is 6.30. The van der Waals surface area contributed by atoms with Gasteiger partial charge in [0.25, 0.3) is 5.91 Å². The summed E-state index contributed by atoms with van der Waals surface area (Å²) in [6.45, 7) is 3.34. The zero-order valence-corrected chi connectivity index (χ0v) is 16.6. The molecule has 0 radical (unpaired) electrons. The standard InChI is InChI=1S/C21H24ClN3O3/c1-15-9-16(13-24-12-15)20(27)25-7-5-21(6-8-25,11-19(23)26)14-28-18-4-2-3-17(22)10-18/h2-4,9-10,12-13H,5-8,11,14H2,1H3,(H2,23,26). The van der Waals surface area contributed by atoms with E-state index in [1.165, 1.54) is 0 Å². The van der Waals surface area contributed by atoms with Crippen molar-refractivity contribution >= 4 is 23.4 Å². The van der Waals surface area contributed by atoms with Gasteiger partial charge in [-0.1, -0.05) is 17.7 Å². The number of primary amides is 1. The fourth-order valence-electron chi connectivity index (χ4n) is 3.57. The number of hydrogen-bond acceptors (Lipinski definition) is 4. The number of ether oxygens (including phenoxy) is 1. The molecule has 1 saturated heterocycles. The van der Waals surface area contributed by atoms with Crippen molar-refractivity contribution < 1.29 is 14.3 Å². The lowest BCUT2D eigenvalue weighted by molar-refractivity contribution is -0.121. The van der Waals surface area contributed by atoms with Crippen molar-refractivity contribution in [2.75, 3.05) is 19.7 Å². The minimum Gasteiger partial charge on any atom is -0.493 e. The predicted octanol–water partition coefficient (Wildman–Crippen LogP) is 3.22. The fourth-order valence-corrected chi connectivity index (χ4v) is 3.75. The average Bonchev–Trinajstić information content (AvgIpc) is 2.66. The van der Waals surface area contributed by atoms with Crippen molar-refractivity contribution in [1.29, 1.82) is 0 Å². The van der Waals surface area contributed by atoms with Gasteiger partial charge in [0, 0.05) is 42.3 Å². The molecule has 1 aliphatic rings. The maximum Gasteiger partial charge on any atom is 0.255 e. The van der Waals surface area contributed by atoms with E-state index in [0.29, 0.717) is 48.9 Å². The Morgan fingerprint density at radius 2 is 2.00 bits per heavy atom. The molecule has 0 atom stereocenters. The lowest BCUT2D eigenvalue weighted by atomic mass is 9.76. The third-order valence-electron chi connectivity index (χ3n) is 5.12. The largest absolute Gasteiger partial charge is 0.493 e. The molecule has 6 nitrogen and oxygen atoms in total. The number of amides is 2. The van der Waals surface area contributed by atoms with E-state index >= 15 is 0 Å². The average molecular weight is 402 g/mol. The van der Waals surface area contributed by atoms with Gasteiger partial charge in [-0.05, 0) is 49.6 Å². The molecule has 0 aliphatic carbocycles. The van der Waals surface area contributed by atoms with E-state index in [2.05, 4.69) is 4.98 Å². The zero-order chi connectivity index (χ0) is 20.1. The molecule has 0 bridgehead atoms. The highest BCUT2D eigenvalue weighted by atomic mass is 35.5. The second kappa shape index (κ2) is 8.61. The van der Waals surface area contributed by atoms with Gasteiger partial charge in [-0.15, -0.1) is 0 Å². The van der Waals surface area contributed by atoms with Gasteiger partial charge in [0.2, 0.25) is 5.91 Å². The number of likely N-dealkylation sites (tertiary alicyclic amines) is 1. The molecule has 2 aromatic rings. The van der Waals surface area contributed by atoms with Crippen LogP contribution in [0.3, 0.4) is 0 Å². The Bertz CT molecular complexity index is 863. The molecule has 148 valence electrons. The molecule has 0 saturated carbocycles. The Labute approximate surface area is 169 Å². The van der Waals surface area contributed by atoms with Gasteiger partial charge in [-0.3, -0.25) is 14.6 Å². The number of aromatic nitrogens is 1. The number of nitrogens with zero attached hydrogens (tertiary/aromatic N) is 2. The van der Waals surface area contributed by atoms with Crippen LogP contribution in [0.4, 0.5) is 0 Å². The van der Waals surface area contributed by atoms with Gasteiger partial charge < -0.3 is 15.4 Å². The molecule has 1 aromatic heterocycles. The molecule has 2 amide bonds. The number of carbonyl (C=O) groups is 2. The Morgan fingerprint density at radius 1 is 1.25 bits per heavy atom. The molecule has 0 spiro atoms. The van der Waals surface area contributed by atoms with Crippen molar-refractivity contribution in [2.24, 2.45) is 11.1 Å². The van der Waals surface area contributed by atoms with Crippen molar-refractivity contribution in [2.45, 2.75) is 26.2 Å². The highest BCUT2D eigenvalue weighted by Gasteiger charge is 2.38. The summed E-state index contributed by atoms with van der Waals surface area (Å²) in [5.41, 5.74) is 6.63. The van der Waals surface area contributed by atoms with Crippen LogP contribution in [-0.2, 0) is 4.79 Å². The van der Waals surface area contributed by atoms with Gasteiger partial charge in [0.05, 0.1) is 12.2 Å². The maximum absolute atomic E-state index is 12.8. The molecule has 1 aliphatic heterocycles. The molecule has 3 rings (SSSR count). The maximum atomic E-state index is 12.8. The van der Waals surface area contributed by atoms with Gasteiger partial charge in [-0.25, -0.2) is 0 Å². The summed E-state index contributed by atoms with van der Waals surface area (Å²) in [6.07, 6.45) is 4.81. The van der Waals surface area contributed by atoms with Crippen LogP contribution in [0.15, 0.2) is 42.7 Å². The van der Waals surface area contributed by atoms with Crippen LogP contribution < -0.4 is 10.5 Å². The SMILES string of the molecule is Cc1cncc(C(=O)N2CCC(COc3cccc(Cl)c3)(CC(N)=O)CC2)c1. The van der Waals surface area contributed by atoms with Crippen LogP contribution in [0.25, 0.3) is 0 Å². The van der Waals surface area contributed by atoms with Crippen molar-refractivity contribution in [3.8, 4) is 5.75 Å². The van der Waals surface area contributed by atoms with Crippen molar-refractivity contribution in [3.05, 3.63) is 58.9 Å². The lowest BCUT2D eigenvalue weighted by Gasteiger charge is -2.41. The number of rotatable bonds is 6. The number of aryl methyl sites for hydroxylation is 1. The van der Waals surface area contributed by atoms with E-state index in [4.69, 9.17) is 22.1 Å². The Kier molecular flexibility index (Phi) is 6.19. The van der Waals surface area contributed by atoms with Crippen LogP contribution in [0.5, 0.6) is 5.75 Å². The molecular weight excluding hydrogens is 378 g/mol. The van der Waals surface area contributed by atoms with Crippen LogP contribution in [-0.4, -0.2) is 41.4 Å². The second-order valence-corrected chi connectivity index (χ2v) is 7.87. The Morgan fingerprint density at radius 3 is 2.64 bits per heavy atom. The highest BCUT2D eigenvalue weighted by Crippen LogP contribution is 2.36. The van der Waals surface area contributed by atoms with Gasteiger partial charge in [0.1, 0.15) is 5.75 Å². The summed E-state index contributed by atoms with van der Waals surface area (Å²) in [4.78, 5) is 30.3. The normalized spacial score (nSPS) is 15.9. The summed E-state index contributed by atoms with van der Waals surface area (Å²) >= 11 is 6.01. The number of hydrogen-bond donors (Lipinski definition) is 1. The fraction of sp³-hybridized carbons (Fsp3) is 0.381. The minimum absolute atomic E-state index is 0.0420. The van der Waals surface area contributed by atoms with Crippen molar-refractivity contribution in [1.82, 2.24) is 9.88 Å². The summed E-state index contributed by atoms with van der Waals surface area (Å²) in [5.74, 6) is 0.248. The summed E-state index contributed by atoms with van der Waals surface area (Å²) in [5, 5.41) is 0.591. The van der Waals surface area contributed by atoms with E-state index in [-0.39, 0.29) is 18.2 Å². The Hall–Kier alpha value is -2.60. The molecule has 7 heteroatoms. The molecule has 2 N–H and O–H groups in total. The first-order chi connectivity index (χ1) is 13.4. The van der Waals surface area contributed by atoms with Crippen LogP contribution in [0, 0.1) is 12.3 Å². The number of pyridine rings is 1. The third-order valence-corrected chi connectivity index (χ3v) is 5.36. The lowest BCUT2D eigenvalue weighted by Crippen LogP contribution is -2.47. The number of benzene rings is 1. The second-order valence-electron chi connectivity index (χ2n) is 7.43. The smallest absolute Gasteiger partial charge is 0.255 e. The van der Waals surface area contributed by atoms with Gasteiger partial charge in [-0.2, -0.15) is 0 Å².